The number of ether oxygens (including phenoxy) is 1. The molecule has 4 heterocycles. The summed E-state index contributed by atoms with van der Waals surface area (Å²) in [4.78, 5) is 31.3. The van der Waals surface area contributed by atoms with Crippen molar-refractivity contribution in [2.45, 2.75) is 36.9 Å². The number of aromatic nitrogens is 1. The van der Waals surface area contributed by atoms with Crippen molar-refractivity contribution in [2.24, 2.45) is 0 Å². The number of amides is 2. The number of rotatable bonds is 2. The maximum Gasteiger partial charge on any atom is 0.255 e. The van der Waals surface area contributed by atoms with Crippen LogP contribution >= 0.6 is 0 Å². The summed E-state index contributed by atoms with van der Waals surface area (Å²) in [5.74, 6) is 0.0345. The number of anilines is 1. The van der Waals surface area contributed by atoms with Gasteiger partial charge in [-0.3, -0.25) is 14.6 Å². The van der Waals surface area contributed by atoms with Crippen LogP contribution in [0.2, 0.25) is 0 Å². The van der Waals surface area contributed by atoms with Gasteiger partial charge in [-0.1, -0.05) is 18.2 Å². The zero-order valence-corrected chi connectivity index (χ0v) is 16.2. The van der Waals surface area contributed by atoms with Crippen LogP contribution in [-0.2, 0) is 16.0 Å². The Balaban J connectivity index is 1.23. The van der Waals surface area contributed by atoms with Crippen LogP contribution in [0.25, 0.3) is 0 Å². The maximum atomic E-state index is 12.6. The maximum absolute atomic E-state index is 12.6. The Kier molecular flexibility index (Phi) is 4.28. The predicted molar refractivity (Wildman–Crippen MR) is 107 cm³/mol. The van der Waals surface area contributed by atoms with Gasteiger partial charge in [-0.15, -0.1) is 0 Å². The van der Waals surface area contributed by atoms with Crippen molar-refractivity contribution < 1.29 is 14.3 Å². The first-order chi connectivity index (χ1) is 14.1. The first-order valence-corrected chi connectivity index (χ1v) is 10.1. The second-order valence-electron chi connectivity index (χ2n) is 8.23. The van der Waals surface area contributed by atoms with Crippen LogP contribution in [-0.4, -0.2) is 52.7 Å². The van der Waals surface area contributed by atoms with E-state index in [1.165, 1.54) is 0 Å². The van der Waals surface area contributed by atoms with Crippen LogP contribution in [0.5, 0.6) is 0 Å². The number of pyridine rings is 1. The molecule has 1 atom stereocenters. The minimum Gasteiger partial charge on any atom is -0.370 e. The lowest BCUT2D eigenvalue weighted by Crippen LogP contribution is -2.59. The molecular formula is C22H24N4O3. The van der Waals surface area contributed by atoms with Crippen molar-refractivity contribution in [3.63, 3.8) is 0 Å². The molecule has 3 aliphatic rings. The van der Waals surface area contributed by atoms with E-state index in [2.05, 4.69) is 15.6 Å². The Morgan fingerprint density at radius 2 is 1.90 bits per heavy atom. The Labute approximate surface area is 169 Å². The molecular weight excluding hydrogens is 368 g/mol. The number of fused-ring (bicyclic) bond motifs is 1. The van der Waals surface area contributed by atoms with Gasteiger partial charge in [0.2, 0.25) is 5.91 Å². The molecule has 2 aromatic rings. The topological polar surface area (TPSA) is 83.6 Å². The van der Waals surface area contributed by atoms with Crippen molar-refractivity contribution in [1.29, 1.82) is 0 Å². The molecule has 0 aliphatic carbocycles. The summed E-state index contributed by atoms with van der Waals surface area (Å²) in [6.45, 7) is 1.74. The standard InChI is InChI=1S/C22H24N4O3/c27-19(13-16-5-3-4-10-23-16)26-11-8-21(9-12-26)14-22(15-29-21)24-18-7-2-1-6-17(18)20(28)25-22/h1-7,10,24H,8-9,11-15H2,(H,25,28)/t22-/m1/s1. The lowest BCUT2D eigenvalue weighted by atomic mass is 9.84. The van der Waals surface area contributed by atoms with Crippen LogP contribution in [0.15, 0.2) is 48.7 Å². The van der Waals surface area contributed by atoms with E-state index in [1.54, 1.807) is 6.20 Å². The zero-order valence-electron chi connectivity index (χ0n) is 16.2. The summed E-state index contributed by atoms with van der Waals surface area (Å²) in [6.07, 6.45) is 4.27. The first kappa shape index (κ1) is 18.1. The van der Waals surface area contributed by atoms with E-state index in [9.17, 15) is 9.59 Å². The van der Waals surface area contributed by atoms with Crippen LogP contribution in [0, 0.1) is 0 Å². The van der Waals surface area contributed by atoms with Gasteiger partial charge in [-0.25, -0.2) is 0 Å². The van der Waals surface area contributed by atoms with E-state index >= 15 is 0 Å². The third-order valence-electron chi connectivity index (χ3n) is 6.23. The van der Waals surface area contributed by atoms with E-state index in [4.69, 9.17) is 4.74 Å². The smallest absolute Gasteiger partial charge is 0.255 e. The third kappa shape index (κ3) is 3.35. The number of nitrogens with one attached hydrogen (secondary N) is 2. The predicted octanol–water partition coefficient (Wildman–Crippen LogP) is 1.96. The Morgan fingerprint density at radius 1 is 1.10 bits per heavy atom. The second kappa shape index (κ2) is 6.84. The van der Waals surface area contributed by atoms with E-state index in [-0.39, 0.29) is 17.4 Å². The van der Waals surface area contributed by atoms with E-state index in [1.807, 2.05) is 47.4 Å². The molecule has 2 saturated heterocycles. The van der Waals surface area contributed by atoms with Gasteiger partial charge in [-0.05, 0) is 37.1 Å². The average Bonchev–Trinajstić information content (AvgIpc) is 3.06. The summed E-state index contributed by atoms with van der Waals surface area (Å²) in [5.41, 5.74) is 1.41. The summed E-state index contributed by atoms with van der Waals surface area (Å²) in [7, 11) is 0. The monoisotopic (exact) mass is 392 g/mol. The summed E-state index contributed by atoms with van der Waals surface area (Å²) in [6, 6.07) is 13.2. The molecule has 29 heavy (non-hydrogen) atoms. The number of hydrogen-bond donors (Lipinski definition) is 2. The lowest BCUT2D eigenvalue weighted by molar-refractivity contribution is -0.135. The number of benzene rings is 1. The van der Waals surface area contributed by atoms with Crippen LogP contribution in [0.4, 0.5) is 5.69 Å². The fraction of sp³-hybridized carbons (Fsp3) is 0.409. The summed E-state index contributed by atoms with van der Waals surface area (Å²) in [5, 5.41) is 6.62. The molecule has 0 bridgehead atoms. The van der Waals surface area contributed by atoms with Crippen molar-refractivity contribution >= 4 is 17.5 Å². The Hall–Kier alpha value is -2.93. The van der Waals surface area contributed by atoms with E-state index in [0.717, 1.165) is 24.2 Å². The second-order valence-corrected chi connectivity index (χ2v) is 8.23. The number of para-hydroxylation sites is 1. The molecule has 2 fully saturated rings. The summed E-state index contributed by atoms with van der Waals surface area (Å²) < 4.78 is 6.26. The fourth-order valence-electron chi connectivity index (χ4n) is 4.71. The van der Waals surface area contributed by atoms with Crippen molar-refractivity contribution in [3.05, 3.63) is 59.9 Å². The molecule has 0 saturated carbocycles. The fourth-order valence-corrected chi connectivity index (χ4v) is 4.71. The van der Waals surface area contributed by atoms with Crippen LogP contribution in [0.1, 0.15) is 35.3 Å². The Bertz CT molecular complexity index is 940. The first-order valence-electron chi connectivity index (χ1n) is 10.1. The number of carbonyl (C=O) groups excluding carboxylic acids is 2. The summed E-state index contributed by atoms with van der Waals surface area (Å²) >= 11 is 0. The van der Waals surface area contributed by atoms with Gasteiger partial charge >= 0.3 is 0 Å². The number of hydrogen-bond acceptors (Lipinski definition) is 5. The minimum atomic E-state index is -0.578. The normalized spacial score (nSPS) is 24.8. The number of piperidine rings is 1. The quantitative estimate of drug-likeness (QED) is 0.816. The highest BCUT2D eigenvalue weighted by molar-refractivity contribution is 6.02. The van der Waals surface area contributed by atoms with Crippen molar-refractivity contribution in [3.8, 4) is 0 Å². The molecule has 7 nitrogen and oxygen atoms in total. The van der Waals surface area contributed by atoms with Crippen molar-refractivity contribution in [2.75, 3.05) is 25.0 Å². The molecule has 2 amide bonds. The highest BCUT2D eigenvalue weighted by Crippen LogP contribution is 2.42. The average molecular weight is 392 g/mol. The molecule has 7 heteroatoms. The van der Waals surface area contributed by atoms with E-state index < -0.39 is 5.66 Å². The number of nitrogens with zero attached hydrogens (tertiary/aromatic N) is 2. The molecule has 1 aromatic carbocycles. The van der Waals surface area contributed by atoms with E-state index in [0.29, 0.717) is 38.1 Å². The van der Waals surface area contributed by atoms with Crippen molar-refractivity contribution in [1.82, 2.24) is 15.2 Å². The lowest BCUT2D eigenvalue weighted by Gasteiger charge is -2.41. The molecule has 2 N–H and O–H groups in total. The highest BCUT2D eigenvalue weighted by Gasteiger charge is 2.53. The molecule has 150 valence electrons. The largest absolute Gasteiger partial charge is 0.370 e. The molecule has 0 radical (unpaired) electrons. The minimum absolute atomic E-state index is 0.0667. The molecule has 2 spiro atoms. The molecule has 0 unspecified atom stereocenters. The molecule has 3 aliphatic heterocycles. The third-order valence-corrected chi connectivity index (χ3v) is 6.23. The number of likely N-dealkylation sites (tertiary alicyclic amines) is 1. The van der Waals surface area contributed by atoms with Crippen LogP contribution in [0.3, 0.4) is 0 Å². The molecule has 1 aromatic heterocycles. The van der Waals surface area contributed by atoms with Gasteiger partial charge in [0.15, 0.2) is 0 Å². The van der Waals surface area contributed by atoms with Gasteiger partial charge in [0, 0.05) is 37.1 Å². The SMILES string of the molecule is O=C1N[C@]2(COC3(CCN(C(=O)Cc4ccccn4)CC3)C2)Nc2ccccc21. The Morgan fingerprint density at radius 3 is 2.69 bits per heavy atom. The van der Waals surface area contributed by atoms with Gasteiger partial charge in [0.1, 0.15) is 5.66 Å². The van der Waals surface area contributed by atoms with Gasteiger partial charge in [0.05, 0.1) is 24.2 Å². The van der Waals surface area contributed by atoms with Gasteiger partial charge in [0.25, 0.3) is 5.91 Å². The zero-order chi connectivity index (χ0) is 19.9. The highest BCUT2D eigenvalue weighted by atomic mass is 16.5. The van der Waals surface area contributed by atoms with Gasteiger partial charge < -0.3 is 20.3 Å². The van der Waals surface area contributed by atoms with Crippen LogP contribution < -0.4 is 10.6 Å². The van der Waals surface area contributed by atoms with Gasteiger partial charge in [-0.2, -0.15) is 0 Å². The number of carbonyl (C=O) groups is 2. The molecule has 5 rings (SSSR count).